The predicted octanol–water partition coefficient (Wildman–Crippen LogP) is 2.53. The van der Waals surface area contributed by atoms with Gasteiger partial charge in [0.25, 0.3) is 0 Å². The first-order valence-electron chi connectivity index (χ1n) is 6.86. The van der Waals surface area contributed by atoms with Gasteiger partial charge in [0.2, 0.25) is 0 Å². The summed E-state index contributed by atoms with van der Waals surface area (Å²) in [5.74, 6) is 0.716. The van der Waals surface area contributed by atoms with E-state index in [9.17, 15) is 0 Å². The van der Waals surface area contributed by atoms with E-state index in [0.29, 0.717) is 25.0 Å². The van der Waals surface area contributed by atoms with Gasteiger partial charge in [-0.25, -0.2) is 0 Å². The van der Waals surface area contributed by atoms with Gasteiger partial charge in [-0.05, 0) is 45.1 Å². The average molecular weight is 244 g/mol. The van der Waals surface area contributed by atoms with E-state index < -0.39 is 0 Å². The molecular weight excluding hydrogens is 212 g/mol. The van der Waals surface area contributed by atoms with Crippen molar-refractivity contribution in [3.8, 4) is 0 Å². The highest BCUT2D eigenvalue weighted by atomic mass is 16.5. The molecule has 0 aliphatic heterocycles. The molecule has 4 atom stereocenters. The van der Waals surface area contributed by atoms with Crippen LogP contribution in [0.3, 0.4) is 0 Å². The van der Waals surface area contributed by atoms with E-state index in [2.05, 4.69) is 41.5 Å². The standard InChI is InChI=1S/C14H32N2O/c1-7-13(5,16)12(4)10-17-14(6,8-2)11(3)9-15/h11-12H,7-10,15-16H2,1-6H3. The number of rotatable bonds is 8. The quantitative estimate of drug-likeness (QED) is 0.690. The minimum Gasteiger partial charge on any atom is -0.375 e. The van der Waals surface area contributed by atoms with Gasteiger partial charge in [-0.1, -0.05) is 27.7 Å². The summed E-state index contributed by atoms with van der Waals surface area (Å²) in [6.07, 6.45) is 1.94. The summed E-state index contributed by atoms with van der Waals surface area (Å²) in [6.45, 7) is 14.2. The van der Waals surface area contributed by atoms with Gasteiger partial charge in [-0.2, -0.15) is 0 Å². The molecule has 4 N–H and O–H groups in total. The average Bonchev–Trinajstić information content (AvgIpc) is 2.34. The maximum atomic E-state index is 6.23. The second kappa shape index (κ2) is 6.72. The number of hydrogen-bond donors (Lipinski definition) is 2. The zero-order chi connectivity index (χ0) is 13.7. The second-order valence-corrected chi connectivity index (χ2v) is 5.87. The lowest BCUT2D eigenvalue weighted by molar-refractivity contribution is -0.0879. The van der Waals surface area contributed by atoms with Crippen molar-refractivity contribution in [1.82, 2.24) is 0 Å². The first-order valence-corrected chi connectivity index (χ1v) is 6.86. The van der Waals surface area contributed by atoms with Crippen molar-refractivity contribution in [2.45, 2.75) is 65.5 Å². The molecule has 0 bridgehead atoms. The molecule has 0 aromatic rings. The van der Waals surface area contributed by atoms with E-state index in [1.54, 1.807) is 0 Å². The van der Waals surface area contributed by atoms with Crippen molar-refractivity contribution < 1.29 is 4.74 Å². The maximum Gasteiger partial charge on any atom is 0.0689 e. The van der Waals surface area contributed by atoms with Crippen LogP contribution < -0.4 is 11.5 Å². The zero-order valence-electron chi connectivity index (χ0n) is 12.5. The lowest BCUT2D eigenvalue weighted by Gasteiger charge is -2.38. The van der Waals surface area contributed by atoms with Crippen molar-refractivity contribution in [3.63, 3.8) is 0 Å². The Hall–Kier alpha value is -0.120. The molecule has 0 aromatic carbocycles. The molecule has 0 radical (unpaired) electrons. The monoisotopic (exact) mass is 244 g/mol. The Balaban J connectivity index is 4.43. The summed E-state index contributed by atoms with van der Waals surface area (Å²) in [4.78, 5) is 0. The predicted molar refractivity (Wildman–Crippen MR) is 74.9 cm³/mol. The number of hydrogen-bond acceptors (Lipinski definition) is 3. The highest BCUT2D eigenvalue weighted by Gasteiger charge is 2.32. The molecule has 0 amide bonds. The van der Waals surface area contributed by atoms with Crippen LogP contribution in [0.5, 0.6) is 0 Å². The fourth-order valence-corrected chi connectivity index (χ4v) is 1.70. The van der Waals surface area contributed by atoms with Gasteiger partial charge in [0.15, 0.2) is 0 Å². The van der Waals surface area contributed by atoms with Crippen molar-refractivity contribution >= 4 is 0 Å². The van der Waals surface area contributed by atoms with Crippen LogP contribution in [0.25, 0.3) is 0 Å². The first kappa shape index (κ1) is 16.9. The second-order valence-electron chi connectivity index (χ2n) is 5.87. The molecule has 17 heavy (non-hydrogen) atoms. The van der Waals surface area contributed by atoms with Crippen LogP contribution in [-0.2, 0) is 4.74 Å². The third-order valence-electron chi connectivity index (χ3n) is 4.65. The van der Waals surface area contributed by atoms with Crippen LogP contribution in [0.15, 0.2) is 0 Å². The van der Waals surface area contributed by atoms with E-state index in [1.807, 2.05) is 0 Å². The van der Waals surface area contributed by atoms with Gasteiger partial charge < -0.3 is 16.2 Å². The van der Waals surface area contributed by atoms with Gasteiger partial charge in [0, 0.05) is 5.54 Å². The van der Waals surface area contributed by atoms with Crippen molar-refractivity contribution in [2.75, 3.05) is 13.2 Å². The highest BCUT2D eigenvalue weighted by Crippen LogP contribution is 2.27. The van der Waals surface area contributed by atoms with Crippen molar-refractivity contribution in [2.24, 2.45) is 23.3 Å². The molecule has 0 saturated carbocycles. The van der Waals surface area contributed by atoms with E-state index in [1.165, 1.54) is 0 Å². The van der Waals surface area contributed by atoms with Gasteiger partial charge in [-0.3, -0.25) is 0 Å². The molecule has 0 aliphatic rings. The molecule has 0 rings (SSSR count). The van der Waals surface area contributed by atoms with Crippen LogP contribution in [0.1, 0.15) is 54.4 Å². The summed E-state index contributed by atoms with van der Waals surface area (Å²) in [5.41, 5.74) is 11.7. The third-order valence-corrected chi connectivity index (χ3v) is 4.65. The molecule has 0 fully saturated rings. The molecule has 0 spiro atoms. The van der Waals surface area contributed by atoms with Gasteiger partial charge in [0.1, 0.15) is 0 Å². The Kier molecular flexibility index (Phi) is 6.67. The summed E-state index contributed by atoms with van der Waals surface area (Å²) in [5, 5.41) is 0. The highest BCUT2D eigenvalue weighted by molar-refractivity contribution is 4.85. The first-order chi connectivity index (χ1) is 7.73. The summed E-state index contributed by atoms with van der Waals surface area (Å²) < 4.78 is 6.12. The minimum atomic E-state index is -0.152. The molecule has 0 heterocycles. The largest absolute Gasteiger partial charge is 0.375 e. The summed E-state index contributed by atoms with van der Waals surface area (Å²) in [7, 11) is 0. The molecule has 0 aromatic heterocycles. The van der Waals surface area contributed by atoms with Gasteiger partial charge in [0.05, 0.1) is 12.2 Å². The fourth-order valence-electron chi connectivity index (χ4n) is 1.70. The molecule has 3 heteroatoms. The molecule has 3 nitrogen and oxygen atoms in total. The van der Waals surface area contributed by atoms with Crippen LogP contribution in [0.4, 0.5) is 0 Å². The fraction of sp³-hybridized carbons (Fsp3) is 1.00. The maximum absolute atomic E-state index is 6.23. The van der Waals surface area contributed by atoms with Gasteiger partial charge in [-0.15, -0.1) is 0 Å². The molecule has 0 aliphatic carbocycles. The Bertz CT molecular complexity index is 218. The smallest absolute Gasteiger partial charge is 0.0689 e. The Morgan fingerprint density at radius 2 is 1.59 bits per heavy atom. The number of nitrogens with two attached hydrogens (primary N) is 2. The SMILES string of the molecule is CCC(C)(N)C(C)COC(C)(CC)C(C)CN. The van der Waals surface area contributed by atoms with E-state index in [0.717, 1.165) is 12.8 Å². The number of ether oxygens (including phenoxy) is 1. The van der Waals surface area contributed by atoms with Crippen LogP contribution in [0, 0.1) is 11.8 Å². The molecular formula is C14H32N2O. The van der Waals surface area contributed by atoms with E-state index in [-0.39, 0.29) is 11.1 Å². The molecule has 0 saturated heterocycles. The normalized spacial score (nSPS) is 22.6. The van der Waals surface area contributed by atoms with Crippen LogP contribution in [0.2, 0.25) is 0 Å². The lowest BCUT2D eigenvalue weighted by Crippen LogP contribution is -2.47. The molecule has 4 unspecified atom stereocenters. The Labute approximate surface area is 107 Å². The van der Waals surface area contributed by atoms with Crippen molar-refractivity contribution in [3.05, 3.63) is 0 Å². The summed E-state index contributed by atoms with van der Waals surface area (Å²) >= 11 is 0. The Morgan fingerprint density at radius 3 is 1.94 bits per heavy atom. The minimum absolute atomic E-state index is 0.132. The Morgan fingerprint density at radius 1 is 1.06 bits per heavy atom. The van der Waals surface area contributed by atoms with Crippen LogP contribution in [-0.4, -0.2) is 24.3 Å². The third kappa shape index (κ3) is 4.57. The van der Waals surface area contributed by atoms with Crippen molar-refractivity contribution in [1.29, 1.82) is 0 Å². The van der Waals surface area contributed by atoms with E-state index >= 15 is 0 Å². The summed E-state index contributed by atoms with van der Waals surface area (Å²) in [6, 6.07) is 0. The lowest BCUT2D eigenvalue weighted by atomic mass is 9.85. The van der Waals surface area contributed by atoms with E-state index in [4.69, 9.17) is 16.2 Å². The molecule has 104 valence electrons. The van der Waals surface area contributed by atoms with Gasteiger partial charge >= 0.3 is 0 Å². The zero-order valence-corrected chi connectivity index (χ0v) is 12.5. The topological polar surface area (TPSA) is 61.3 Å². The van der Waals surface area contributed by atoms with Crippen LogP contribution >= 0.6 is 0 Å².